The number of nitrogens with zero attached hydrogens (tertiary/aromatic N) is 1. The maximum atomic E-state index is 12.5. The third-order valence-corrected chi connectivity index (χ3v) is 4.45. The Labute approximate surface area is 148 Å². The van der Waals surface area contributed by atoms with Gasteiger partial charge in [0.25, 0.3) is 11.8 Å². The molecule has 0 unspecified atom stereocenters. The van der Waals surface area contributed by atoms with Crippen molar-refractivity contribution >= 4 is 55.4 Å². The molecule has 116 valence electrons. The van der Waals surface area contributed by atoms with Crippen LogP contribution in [0.15, 0.2) is 57.0 Å². The Morgan fingerprint density at radius 2 is 1.87 bits per heavy atom. The van der Waals surface area contributed by atoms with E-state index in [4.69, 9.17) is 0 Å². The van der Waals surface area contributed by atoms with Crippen molar-refractivity contribution in [2.75, 3.05) is 5.01 Å². The summed E-state index contributed by atoms with van der Waals surface area (Å²) in [6, 6.07) is 11.7. The number of carbonyl (C=O) groups excluding carboxylic acids is 2. The molecule has 7 heteroatoms. The van der Waals surface area contributed by atoms with Gasteiger partial charge in [-0.3, -0.25) is 15.0 Å². The van der Waals surface area contributed by atoms with Gasteiger partial charge in [0.05, 0.1) is 5.69 Å². The van der Waals surface area contributed by atoms with Crippen LogP contribution in [-0.4, -0.2) is 16.9 Å². The van der Waals surface area contributed by atoms with Crippen LogP contribution in [0.25, 0.3) is 6.08 Å². The Hall–Kier alpha value is -2.12. The van der Waals surface area contributed by atoms with Gasteiger partial charge in [0, 0.05) is 8.95 Å². The van der Waals surface area contributed by atoms with Gasteiger partial charge in [-0.1, -0.05) is 37.9 Å². The molecule has 2 aromatic rings. The minimum Gasteiger partial charge on any atom is -0.508 e. The normalized spacial score (nSPS) is 16.1. The van der Waals surface area contributed by atoms with E-state index in [-0.39, 0.29) is 11.3 Å². The molecule has 23 heavy (non-hydrogen) atoms. The molecule has 1 saturated heterocycles. The molecule has 0 aromatic heterocycles. The number of carbonyl (C=O) groups is 2. The van der Waals surface area contributed by atoms with Crippen LogP contribution in [0.3, 0.4) is 0 Å². The number of aromatic hydroxyl groups is 1. The fraction of sp³-hybridized carbons (Fsp3) is 0. The van der Waals surface area contributed by atoms with Crippen molar-refractivity contribution in [2.45, 2.75) is 0 Å². The van der Waals surface area contributed by atoms with Gasteiger partial charge in [-0.05, 0) is 48.0 Å². The van der Waals surface area contributed by atoms with E-state index in [1.165, 1.54) is 23.2 Å². The first kappa shape index (κ1) is 15.8. The summed E-state index contributed by atoms with van der Waals surface area (Å²) in [4.78, 5) is 24.6. The van der Waals surface area contributed by atoms with Crippen molar-refractivity contribution in [3.05, 3.63) is 62.5 Å². The fourth-order valence-electron chi connectivity index (χ4n) is 2.15. The molecule has 1 heterocycles. The first-order valence-electron chi connectivity index (χ1n) is 6.57. The van der Waals surface area contributed by atoms with Gasteiger partial charge in [0.1, 0.15) is 11.3 Å². The van der Waals surface area contributed by atoms with Gasteiger partial charge < -0.3 is 5.11 Å². The van der Waals surface area contributed by atoms with Crippen LogP contribution in [-0.2, 0) is 9.59 Å². The molecule has 2 aromatic carbocycles. The van der Waals surface area contributed by atoms with E-state index in [0.717, 1.165) is 4.47 Å². The third kappa shape index (κ3) is 3.16. The number of benzene rings is 2. The Balaban J connectivity index is 1.99. The molecule has 1 fully saturated rings. The average molecular weight is 438 g/mol. The van der Waals surface area contributed by atoms with Crippen molar-refractivity contribution in [2.24, 2.45) is 0 Å². The summed E-state index contributed by atoms with van der Waals surface area (Å²) in [5.41, 5.74) is 3.62. The Morgan fingerprint density at radius 3 is 2.61 bits per heavy atom. The van der Waals surface area contributed by atoms with Crippen molar-refractivity contribution in [1.82, 2.24) is 5.43 Å². The second kappa shape index (κ2) is 6.17. The molecule has 0 atom stereocenters. The van der Waals surface area contributed by atoms with Gasteiger partial charge in [-0.2, -0.15) is 0 Å². The van der Waals surface area contributed by atoms with Crippen LogP contribution in [0.2, 0.25) is 0 Å². The highest BCUT2D eigenvalue weighted by molar-refractivity contribution is 9.10. The van der Waals surface area contributed by atoms with E-state index < -0.39 is 11.8 Å². The number of anilines is 1. The zero-order valence-electron chi connectivity index (χ0n) is 11.6. The number of hydrogen-bond acceptors (Lipinski definition) is 3. The summed E-state index contributed by atoms with van der Waals surface area (Å²) in [6.45, 7) is 0. The lowest BCUT2D eigenvalue weighted by Crippen LogP contribution is -2.35. The highest BCUT2D eigenvalue weighted by atomic mass is 79.9. The van der Waals surface area contributed by atoms with Crippen LogP contribution in [0.1, 0.15) is 5.56 Å². The predicted molar refractivity (Wildman–Crippen MR) is 93.6 cm³/mol. The zero-order chi connectivity index (χ0) is 16.6. The SMILES string of the molecule is O=C1NN(c2cccc(Br)c2)C(=O)/C1=C\c1cc(O)ccc1Br. The number of halogens is 2. The standard InChI is InChI=1S/C16H10Br2N2O3/c17-10-2-1-3-11(8-10)20-16(23)13(15(22)19-20)7-9-6-12(21)4-5-14(9)18/h1-8,21H,(H,19,22)/b13-7-. The molecule has 3 rings (SSSR count). The van der Waals surface area contributed by atoms with Crippen molar-refractivity contribution in [3.8, 4) is 5.75 Å². The highest BCUT2D eigenvalue weighted by Gasteiger charge is 2.34. The smallest absolute Gasteiger partial charge is 0.282 e. The van der Waals surface area contributed by atoms with Crippen LogP contribution in [0.4, 0.5) is 5.69 Å². The predicted octanol–water partition coefficient (Wildman–Crippen LogP) is 3.38. The lowest BCUT2D eigenvalue weighted by atomic mass is 10.1. The molecule has 2 amide bonds. The number of nitrogens with one attached hydrogen (secondary N) is 1. The monoisotopic (exact) mass is 436 g/mol. The second-order valence-corrected chi connectivity index (χ2v) is 6.60. The molecule has 5 nitrogen and oxygen atoms in total. The molecule has 1 aliphatic rings. The summed E-state index contributed by atoms with van der Waals surface area (Å²) >= 11 is 6.66. The lowest BCUT2D eigenvalue weighted by molar-refractivity contribution is -0.117. The molecular weight excluding hydrogens is 428 g/mol. The molecular formula is C16H10Br2N2O3. The fourth-order valence-corrected chi connectivity index (χ4v) is 2.90. The number of phenolic OH excluding ortho intramolecular Hbond substituents is 1. The Kier molecular flexibility index (Phi) is 4.23. The summed E-state index contributed by atoms with van der Waals surface area (Å²) in [5.74, 6) is -0.900. The van der Waals surface area contributed by atoms with Gasteiger partial charge in [0.15, 0.2) is 0 Å². The topological polar surface area (TPSA) is 69.6 Å². The highest BCUT2D eigenvalue weighted by Crippen LogP contribution is 2.27. The van der Waals surface area contributed by atoms with E-state index in [0.29, 0.717) is 15.7 Å². The van der Waals surface area contributed by atoms with Gasteiger partial charge in [-0.15, -0.1) is 0 Å². The van der Waals surface area contributed by atoms with Gasteiger partial charge in [-0.25, -0.2) is 5.01 Å². The minimum absolute atomic E-state index is 0.00345. The van der Waals surface area contributed by atoms with Crippen LogP contribution < -0.4 is 10.4 Å². The molecule has 1 aliphatic heterocycles. The first-order chi connectivity index (χ1) is 11.0. The summed E-state index contributed by atoms with van der Waals surface area (Å²) in [5, 5.41) is 10.7. The van der Waals surface area contributed by atoms with Gasteiger partial charge in [0.2, 0.25) is 0 Å². The average Bonchev–Trinajstić information content (AvgIpc) is 2.79. The van der Waals surface area contributed by atoms with Crippen molar-refractivity contribution in [1.29, 1.82) is 0 Å². The molecule has 0 radical (unpaired) electrons. The Morgan fingerprint density at radius 1 is 1.09 bits per heavy atom. The first-order valence-corrected chi connectivity index (χ1v) is 8.15. The van der Waals surface area contributed by atoms with E-state index in [2.05, 4.69) is 37.3 Å². The van der Waals surface area contributed by atoms with E-state index in [1.807, 2.05) is 6.07 Å². The van der Waals surface area contributed by atoms with E-state index in [1.54, 1.807) is 24.3 Å². The van der Waals surface area contributed by atoms with E-state index in [9.17, 15) is 14.7 Å². The maximum Gasteiger partial charge on any atom is 0.282 e. The summed E-state index contributed by atoms with van der Waals surface area (Å²) in [6.07, 6.45) is 1.44. The number of amides is 2. The maximum absolute atomic E-state index is 12.5. The van der Waals surface area contributed by atoms with Crippen molar-refractivity contribution in [3.63, 3.8) is 0 Å². The summed E-state index contributed by atoms with van der Waals surface area (Å²) in [7, 11) is 0. The third-order valence-electron chi connectivity index (χ3n) is 3.24. The molecule has 0 bridgehead atoms. The zero-order valence-corrected chi connectivity index (χ0v) is 14.8. The van der Waals surface area contributed by atoms with Gasteiger partial charge >= 0.3 is 0 Å². The van der Waals surface area contributed by atoms with Crippen LogP contribution >= 0.6 is 31.9 Å². The van der Waals surface area contributed by atoms with Crippen LogP contribution in [0, 0.1) is 0 Å². The van der Waals surface area contributed by atoms with Crippen LogP contribution in [0.5, 0.6) is 5.75 Å². The summed E-state index contributed by atoms with van der Waals surface area (Å²) < 4.78 is 1.47. The molecule has 0 spiro atoms. The second-order valence-electron chi connectivity index (χ2n) is 4.83. The number of hydrogen-bond donors (Lipinski definition) is 2. The molecule has 2 N–H and O–H groups in total. The van der Waals surface area contributed by atoms with Crippen molar-refractivity contribution < 1.29 is 14.7 Å². The molecule has 0 saturated carbocycles. The van der Waals surface area contributed by atoms with E-state index >= 15 is 0 Å². The minimum atomic E-state index is -0.495. The lowest BCUT2D eigenvalue weighted by Gasteiger charge is -2.14. The number of phenols is 1. The number of rotatable bonds is 2. The quantitative estimate of drug-likeness (QED) is 0.559. The number of hydrazine groups is 1. The molecule has 0 aliphatic carbocycles. The Bertz CT molecular complexity index is 849. The largest absolute Gasteiger partial charge is 0.508 e.